The van der Waals surface area contributed by atoms with Crippen LogP contribution in [0.4, 0.5) is 5.69 Å². The van der Waals surface area contributed by atoms with Crippen molar-refractivity contribution in [2.75, 3.05) is 12.5 Å². The average Bonchev–Trinajstić information content (AvgIpc) is 2.55. The molecule has 1 atom stereocenters. The first kappa shape index (κ1) is 14.5. The fraction of sp³-hybridized carbons (Fsp3) is 0.286. The Morgan fingerprint density at radius 1 is 1.41 bits per heavy atom. The molecule has 22 heavy (non-hydrogen) atoms. The van der Waals surface area contributed by atoms with Gasteiger partial charge in [0.05, 0.1) is 24.3 Å². The quantitative estimate of drug-likeness (QED) is 0.662. The van der Waals surface area contributed by atoms with Gasteiger partial charge in [-0.15, -0.1) is 11.6 Å². The van der Waals surface area contributed by atoms with E-state index in [4.69, 9.17) is 16.3 Å². The molecule has 2 heterocycles. The number of esters is 1. The molecular formula is C14H13ClN4O3. The molecule has 2 aliphatic heterocycles. The van der Waals surface area contributed by atoms with E-state index in [9.17, 15) is 9.59 Å². The van der Waals surface area contributed by atoms with Crippen molar-refractivity contribution in [3.8, 4) is 0 Å². The molecule has 0 aromatic heterocycles. The van der Waals surface area contributed by atoms with Crippen LogP contribution in [0.5, 0.6) is 0 Å². The predicted octanol–water partition coefficient (Wildman–Crippen LogP) is 0.994. The van der Waals surface area contributed by atoms with Crippen LogP contribution in [0.1, 0.15) is 12.0 Å². The first-order valence-corrected chi connectivity index (χ1v) is 7.25. The molecule has 0 aliphatic carbocycles. The van der Waals surface area contributed by atoms with E-state index in [0.29, 0.717) is 5.84 Å². The van der Waals surface area contributed by atoms with Gasteiger partial charge in [-0.25, -0.2) is 10.4 Å². The van der Waals surface area contributed by atoms with Gasteiger partial charge >= 0.3 is 5.97 Å². The number of nitrogens with zero attached hydrogens (tertiary/aromatic N) is 3. The molecule has 8 heteroatoms. The van der Waals surface area contributed by atoms with E-state index >= 15 is 0 Å². The molecule has 1 N–H and O–H groups in total. The Kier molecular flexibility index (Phi) is 4.06. The van der Waals surface area contributed by atoms with Crippen molar-refractivity contribution in [2.45, 2.75) is 12.5 Å². The second kappa shape index (κ2) is 6.15. The maximum Gasteiger partial charge on any atom is 0.308 e. The Morgan fingerprint density at radius 3 is 3.05 bits per heavy atom. The fourth-order valence-electron chi connectivity index (χ4n) is 2.31. The Morgan fingerprint density at radius 2 is 2.23 bits per heavy atom. The number of carbonyl (C=O) groups excluding carboxylic acids is 2. The SMILES string of the molecule is O=C(C[C@@H]1C(=O)NN=C2c3ccccc3N=CN21)OCCCl. The van der Waals surface area contributed by atoms with Gasteiger partial charge in [-0.3, -0.25) is 9.59 Å². The van der Waals surface area contributed by atoms with Gasteiger partial charge in [0.25, 0.3) is 5.91 Å². The van der Waals surface area contributed by atoms with Crippen LogP contribution in [0.25, 0.3) is 0 Å². The normalized spacial score (nSPS) is 19.0. The average molecular weight is 321 g/mol. The maximum atomic E-state index is 12.0. The molecule has 0 fully saturated rings. The molecule has 1 aromatic rings. The molecule has 114 valence electrons. The van der Waals surface area contributed by atoms with Gasteiger partial charge in [-0.1, -0.05) is 12.1 Å². The molecule has 0 unspecified atom stereocenters. The molecule has 7 nitrogen and oxygen atoms in total. The van der Waals surface area contributed by atoms with Gasteiger partial charge < -0.3 is 9.64 Å². The van der Waals surface area contributed by atoms with Gasteiger partial charge in [-0.05, 0) is 12.1 Å². The molecule has 1 amide bonds. The number of aliphatic imine (C=N–C) groups is 1. The molecular weight excluding hydrogens is 308 g/mol. The van der Waals surface area contributed by atoms with Crippen LogP contribution in [0.15, 0.2) is 34.4 Å². The monoisotopic (exact) mass is 320 g/mol. The van der Waals surface area contributed by atoms with E-state index in [1.54, 1.807) is 4.90 Å². The maximum absolute atomic E-state index is 12.0. The lowest BCUT2D eigenvalue weighted by molar-refractivity contribution is -0.146. The van der Waals surface area contributed by atoms with E-state index in [1.807, 2.05) is 24.3 Å². The van der Waals surface area contributed by atoms with Crippen LogP contribution in [-0.2, 0) is 14.3 Å². The van der Waals surface area contributed by atoms with Gasteiger partial charge in [0.2, 0.25) is 0 Å². The first-order chi connectivity index (χ1) is 10.7. The number of para-hydroxylation sites is 1. The lowest BCUT2D eigenvalue weighted by atomic mass is 10.1. The number of hydrogen-bond acceptors (Lipinski definition) is 6. The standard InChI is InChI=1S/C14H13ClN4O3/c15-5-6-22-12(20)7-11-14(21)18-17-13-9-3-1-2-4-10(9)16-8-19(11)13/h1-4,8,11H,5-7H2,(H,18,21)/t11-/m1/s1. The number of amides is 1. The van der Waals surface area contributed by atoms with Crippen LogP contribution in [0.3, 0.4) is 0 Å². The van der Waals surface area contributed by atoms with Crippen LogP contribution in [-0.4, -0.2) is 47.5 Å². The predicted molar refractivity (Wildman–Crippen MR) is 81.2 cm³/mol. The highest BCUT2D eigenvalue weighted by Gasteiger charge is 2.36. The highest BCUT2D eigenvalue weighted by atomic mass is 35.5. The van der Waals surface area contributed by atoms with Gasteiger partial charge in [0.1, 0.15) is 12.6 Å². The summed E-state index contributed by atoms with van der Waals surface area (Å²) in [4.78, 5) is 29.7. The third kappa shape index (κ3) is 2.67. The molecule has 0 saturated heterocycles. The number of alkyl halides is 1. The van der Waals surface area contributed by atoms with Crippen molar-refractivity contribution in [3.05, 3.63) is 29.8 Å². The van der Waals surface area contributed by atoms with Crippen molar-refractivity contribution in [2.24, 2.45) is 10.1 Å². The van der Waals surface area contributed by atoms with E-state index < -0.39 is 12.0 Å². The van der Waals surface area contributed by atoms with Crippen molar-refractivity contribution in [1.82, 2.24) is 10.3 Å². The summed E-state index contributed by atoms with van der Waals surface area (Å²) < 4.78 is 4.93. The van der Waals surface area contributed by atoms with Crippen LogP contribution < -0.4 is 5.43 Å². The van der Waals surface area contributed by atoms with E-state index in [1.165, 1.54) is 6.34 Å². The smallest absolute Gasteiger partial charge is 0.308 e. The third-order valence-electron chi connectivity index (χ3n) is 3.32. The lowest BCUT2D eigenvalue weighted by Gasteiger charge is -2.34. The van der Waals surface area contributed by atoms with E-state index in [2.05, 4.69) is 15.5 Å². The number of amidine groups is 1. The van der Waals surface area contributed by atoms with Gasteiger partial charge in [0, 0.05) is 5.56 Å². The molecule has 0 saturated carbocycles. The number of ether oxygens (including phenoxy) is 1. The zero-order chi connectivity index (χ0) is 15.5. The molecule has 3 rings (SSSR count). The Bertz CT molecular complexity index is 674. The zero-order valence-electron chi connectivity index (χ0n) is 11.5. The summed E-state index contributed by atoms with van der Waals surface area (Å²) in [6, 6.07) is 6.70. The fourth-order valence-corrected chi connectivity index (χ4v) is 2.39. The minimum atomic E-state index is -0.743. The van der Waals surface area contributed by atoms with Gasteiger partial charge in [0.15, 0.2) is 5.84 Å². The molecule has 0 radical (unpaired) electrons. The first-order valence-electron chi connectivity index (χ1n) is 6.72. The van der Waals surface area contributed by atoms with Gasteiger partial charge in [-0.2, -0.15) is 5.10 Å². The summed E-state index contributed by atoms with van der Waals surface area (Å²) in [5.74, 6) is -0.0968. The minimum absolute atomic E-state index is 0.101. The lowest BCUT2D eigenvalue weighted by Crippen LogP contribution is -2.54. The van der Waals surface area contributed by atoms with Crippen LogP contribution >= 0.6 is 11.6 Å². The largest absolute Gasteiger partial charge is 0.464 e. The topological polar surface area (TPSA) is 83.4 Å². The summed E-state index contributed by atoms with van der Waals surface area (Å²) in [6.07, 6.45) is 1.41. The third-order valence-corrected chi connectivity index (χ3v) is 3.48. The van der Waals surface area contributed by atoms with Crippen LogP contribution in [0.2, 0.25) is 0 Å². The summed E-state index contributed by atoms with van der Waals surface area (Å²) in [6.45, 7) is 0.118. The highest BCUT2D eigenvalue weighted by Crippen LogP contribution is 2.27. The highest BCUT2D eigenvalue weighted by molar-refractivity contribution is 6.18. The summed E-state index contributed by atoms with van der Waals surface area (Å²) in [5.41, 5.74) is 4.00. The molecule has 0 bridgehead atoms. The summed E-state index contributed by atoms with van der Waals surface area (Å²) in [7, 11) is 0. The number of nitrogens with one attached hydrogen (secondary N) is 1. The molecule has 1 aromatic carbocycles. The summed E-state index contributed by atoms with van der Waals surface area (Å²) >= 11 is 5.48. The zero-order valence-corrected chi connectivity index (χ0v) is 12.3. The van der Waals surface area contributed by atoms with Crippen LogP contribution in [0, 0.1) is 0 Å². The Hall–Kier alpha value is -2.41. The Labute approximate surface area is 131 Å². The number of benzene rings is 1. The van der Waals surface area contributed by atoms with Crippen molar-refractivity contribution >= 4 is 41.3 Å². The van der Waals surface area contributed by atoms with E-state index in [-0.39, 0.29) is 24.8 Å². The number of rotatable bonds is 4. The molecule has 2 aliphatic rings. The van der Waals surface area contributed by atoms with Crippen molar-refractivity contribution in [1.29, 1.82) is 0 Å². The van der Waals surface area contributed by atoms with Crippen molar-refractivity contribution < 1.29 is 14.3 Å². The molecule has 0 spiro atoms. The van der Waals surface area contributed by atoms with E-state index in [0.717, 1.165) is 11.3 Å². The second-order valence-corrected chi connectivity index (χ2v) is 5.09. The Balaban J connectivity index is 1.84. The number of hydrogen-bond donors (Lipinski definition) is 1. The number of carbonyl (C=O) groups is 2. The number of halogens is 1. The second-order valence-electron chi connectivity index (χ2n) is 4.71. The summed E-state index contributed by atoms with van der Waals surface area (Å²) in [5, 5.41) is 4.07. The number of hydrazone groups is 1. The van der Waals surface area contributed by atoms with Crippen molar-refractivity contribution in [3.63, 3.8) is 0 Å². The minimum Gasteiger partial charge on any atom is -0.464 e. The number of fused-ring (bicyclic) bond motifs is 3.